The van der Waals surface area contributed by atoms with Crippen molar-refractivity contribution >= 4 is 11.8 Å². The molecule has 0 fully saturated rings. The summed E-state index contributed by atoms with van der Waals surface area (Å²) >= 11 is 0. The van der Waals surface area contributed by atoms with Crippen LogP contribution in [0.25, 0.3) is 0 Å². The van der Waals surface area contributed by atoms with Gasteiger partial charge in [-0.25, -0.2) is 0 Å². The summed E-state index contributed by atoms with van der Waals surface area (Å²) in [7, 11) is 0. The van der Waals surface area contributed by atoms with Crippen molar-refractivity contribution in [2.75, 3.05) is 6.54 Å². The summed E-state index contributed by atoms with van der Waals surface area (Å²) in [5.41, 5.74) is 0. The molecule has 0 aliphatic heterocycles. The van der Waals surface area contributed by atoms with Crippen molar-refractivity contribution in [2.24, 2.45) is 0 Å². The fraction of sp³-hybridized carbons (Fsp3) is 0.875. The molecule has 0 aromatic carbocycles. The van der Waals surface area contributed by atoms with Gasteiger partial charge in [-0.2, -0.15) is 0 Å². The summed E-state index contributed by atoms with van der Waals surface area (Å²) < 4.78 is 0. The molecule has 0 aliphatic rings. The van der Waals surface area contributed by atoms with E-state index in [9.17, 15) is 14.7 Å². The SMILES string of the molecule is CCCCCCCCCCCC(=O)CNC(C)C(=O)[O-].[Na+]. The number of Topliss-reactive ketones (excluding diaryl/α,β-unsaturated/α-hetero) is 1. The van der Waals surface area contributed by atoms with Gasteiger partial charge >= 0.3 is 29.6 Å². The number of unbranched alkanes of at least 4 members (excludes halogenated alkanes) is 8. The minimum atomic E-state index is -1.17. The van der Waals surface area contributed by atoms with Gasteiger partial charge in [-0.05, 0) is 13.3 Å². The molecule has 5 heteroatoms. The van der Waals surface area contributed by atoms with E-state index in [1.165, 1.54) is 51.9 Å². The maximum absolute atomic E-state index is 11.5. The molecule has 0 amide bonds. The smallest absolute Gasteiger partial charge is 0.548 e. The van der Waals surface area contributed by atoms with Crippen LogP contribution in [0.5, 0.6) is 0 Å². The van der Waals surface area contributed by atoms with Crippen LogP contribution in [0, 0.1) is 0 Å². The van der Waals surface area contributed by atoms with E-state index in [4.69, 9.17) is 0 Å². The second-order valence-electron chi connectivity index (χ2n) is 5.54. The molecular weight excluding hydrogens is 277 g/mol. The predicted octanol–water partition coefficient (Wildman–Crippen LogP) is -0.792. The van der Waals surface area contributed by atoms with Crippen LogP contribution in [0.1, 0.15) is 78.1 Å². The van der Waals surface area contributed by atoms with Crippen molar-refractivity contribution in [1.82, 2.24) is 5.32 Å². The Kier molecular flexibility index (Phi) is 18.3. The Labute approximate surface area is 151 Å². The van der Waals surface area contributed by atoms with Crippen molar-refractivity contribution in [2.45, 2.75) is 84.1 Å². The first-order valence-corrected chi connectivity index (χ1v) is 8.03. The molecule has 0 saturated heterocycles. The summed E-state index contributed by atoms with van der Waals surface area (Å²) in [5, 5.41) is 13.1. The van der Waals surface area contributed by atoms with Crippen molar-refractivity contribution in [1.29, 1.82) is 0 Å². The zero-order valence-corrected chi connectivity index (χ0v) is 16.1. The number of aliphatic carboxylic acids is 1. The van der Waals surface area contributed by atoms with Crippen LogP contribution in [-0.4, -0.2) is 24.3 Å². The number of ketones is 1. The number of nitrogens with one attached hydrogen (secondary N) is 1. The Morgan fingerprint density at radius 1 is 0.952 bits per heavy atom. The van der Waals surface area contributed by atoms with Crippen molar-refractivity contribution < 1.29 is 44.3 Å². The minimum Gasteiger partial charge on any atom is -0.548 e. The average molecular weight is 307 g/mol. The molecule has 0 aliphatic carbocycles. The summed E-state index contributed by atoms with van der Waals surface area (Å²) in [6.45, 7) is 3.84. The Morgan fingerprint density at radius 3 is 1.90 bits per heavy atom. The van der Waals surface area contributed by atoms with E-state index in [1.54, 1.807) is 0 Å². The Bertz CT molecular complexity index is 272. The van der Waals surface area contributed by atoms with Crippen molar-refractivity contribution in [3.63, 3.8) is 0 Å². The van der Waals surface area contributed by atoms with Crippen LogP contribution in [0.15, 0.2) is 0 Å². The number of carboxylic acid groups (broad SMARTS) is 1. The molecular formula is C16H30NNaO3. The summed E-state index contributed by atoms with van der Waals surface area (Å²) in [6, 6.07) is -0.762. The van der Waals surface area contributed by atoms with Crippen LogP contribution < -0.4 is 40.0 Å². The quantitative estimate of drug-likeness (QED) is 0.337. The number of carbonyl (C=O) groups excluding carboxylic acids is 2. The summed E-state index contributed by atoms with van der Waals surface area (Å²) in [4.78, 5) is 22.0. The van der Waals surface area contributed by atoms with Crippen LogP contribution in [0.2, 0.25) is 0 Å². The third-order valence-electron chi connectivity index (χ3n) is 3.52. The predicted molar refractivity (Wildman–Crippen MR) is 79.3 cm³/mol. The number of carbonyl (C=O) groups is 2. The molecule has 118 valence electrons. The number of carboxylic acids is 1. The third-order valence-corrected chi connectivity index (χ3v) is 3.52. The Balaban J connectivity index is 0. The van der Waals surface area contributed by atoms with Gasteiger partial charge in [0.2, 0.25) is 0 Å². The molecule has 0 saturated carbocycles. The Morgan fingerprint density at radius 2 is 1.43 bits per heavy atom. The van der Waals surface area contributed by atoms with Crippen LogP contribution in [0.3, 0.4) is 0 Å². The standard InChI is InChI=1S/C16H31NO3.Na/c1-3-4-5-6-7-8-9-10-11-12-15(18)13-17-14(2)16(19)20;/h14,17H,3-13H2,1-2H3,(H,19,20);/q;+1/p-1. The normalized spacial score (nSPS) is 11.7. The van der Waals surface area contributed by atoms with E-state index in [2.05, 4.69) is 12.2 Å². The first-order chi connectivity index (χ1) is 9.57. The van der Waals surface area contributed by atoms with Gasteiger partial charge in [0.15, 0.2) is 0 Å². The molecule has 1 N–H and O–H groups in total. The molecule has 1 atom stereocenters. The first kappa shape index (κ1) is 23.4. The molecule has 0 spiro atoms. The van der Waals surface area contributed by atoms with Gasteiger partial charge in [0.05, 0.1) is 12.5 Å². The van der Waals surface area contributed by atoms with E-state index in [0.717, 1.165) is 12.8 Å². The molecule has 0 aromatic rings. The first-order valence-electron chi connectivity index (χ1n) is 8.03. The van der Waals surface area contributed by atoms with Crippen LogP contribution >= 0.6 is 0 Å². The zero-order valence-electron chi connectivity index (χ0n) is 14.1. The van der Waals surface area contributed by atoms with Gasteiger partial charge in [0, 0.05) is 12.5 Å². The molecule has 0 bridgehead atoms. The van der Waals surface area contributed by atoms with Crippen molar-refractivity contribution in [3.8, 4) is 0 Å². The fourth-order valence-corrected chi connectivity index (χ4v) is 2.07. The van der Waals surface area contributed by atoms with Gasteiger partial charge in [-0.15, -0.1) is 0 Å². The molecule has 4 nitrogen and oxygen atoms in total. The Hall–Kier alpha value is 0.100. The van der Waals surface area contributed by atoms with Gasteiger partial charge in [0.25, 0.3) is 0 Å². The maximum atomic E-state index is 11.5. The van der Waals surface area contributed by atoms with Gasteiger partial charge in [-0.1, -0.05) is 58.3 Å². The minimum absolute atomic E-state index is 0. The third kappa shape index (κ3) is 16.3. The van der Waals surface area contributed by atoms with Crippen LogP contribution in [0.4, 0.5) is 0 Å². The molecule has 0 rings (SSSR count). The molecule has 0 radical (unpaired) electrons. The van der Waals surface area contributed by atoms with E-state index < -0.39 is 12.0 Å². The fourth-order valence-electron chi connectivity index (χ4n) is 2.07. The molecule has 1 unspecified atom stereocenters. The summed E-state index contributed by atoms with van der Waals surface area (Å²) in [5.74, 6) is -1.08. The van der Waals surface area contributed by atoms with E-state index >= 15 is 0 Å². The largest absolute Gasteiger partial charge is 1.00 e. The maximum Gasteiger partial charge on any atom is 1.00 e. The average Bonchev–Trinajstić information content (AvgIpc) is 2.42. The second kappa shape index (κ2) is 16.5. The monoisotopic (exact) mass is 307 g/mol. The molecule has 0 aromatic heterocycles. The topological polar surface area (TPSA) is 69.2 Å². The van der Waals surface area contributed by atoms with Crippen molar-refractivity contribution in [3.05, 3.63) is 0 Å². The number of rotatable bonds is 14. The second-order valence-corrected chi connectivity index (χ2v) is 5.54. The zero-order chi connectivity index (χ0) is 15.2. The molecule has 21 heavy (non-hydrogen) atoms. The summed E-state index contributed by atoms with van der Waals surface area (Å²) in [6.07, 6.45) is 11.6. The van der Waals surface area contributed by atoms with Crippen LogP contribution in [-0.2, 0) is 9.59 Å². The van der Waals surface area contributed by atoms with E-state index in [0.29, 0.717) is 6.42 Å². The molecule has 0 heterocycles. The number of hydrogen-bond donors (Lipinski definition) is 1. The van der Waals surface area contributed by atoms with Gasteiger partial charge < -0.3 is 15.2 Å². The van der Waals surface area contributed by atoms with E-state index in [1.807, 2.05) is 0 Å². The van der Waals surface area contributed by atoms with E-state index in [-0.39, 0.29) is 41.9 Å². The number of hydrogen-bond acceptors (Lipinski definition) is 4. The van der Waals surface area contributed by atoms with Gasteiger partial charge in [0.1, 0.15) is 5.78 Å². The van der Waals surface area contributed by atoms with Gasteiger partial charge in [-0.3, -0.25) is 4.79 Å².